The Bertz CT molecular complexity index is 256. The Labute approximate surface area is 135 Å². The highest BCUT2D eigenvalue weighted by Crippen LogP contribution is 2.45. The molecule has 1 nitrogen and oxygen atoms in total. The van der Waals surface area contributed by atoms with Crippen molar-refractivity contribution in [2.24, 2.45) is 35.5 Å². The van der Waals surface area contributed by atoms with Crippen molar-refractivity contribution in [1.29, 1.82) is 0 Å². The predicted molar refractivity (Wildman–Crippen MR) is 95.5 cm³/mol. The van der Waals surface area contributed by atoms with Crippen LogP contribution in [0.4, 0.5) is 0 Å². The summed E-state index contributed by atoms with van der Waals surface area (Å²) in [5.41, 5.74) is 0. The molecule has 0 saturated heterocycles. The van der Waals surface area contributed by atoms with Gasteiger partial charge in [0.25, 0.3) is 0 Å². The first kappa shape index (κ1) is 17.3. The quantitative estimate of drug-likeness (QED) is 0.589. The van der Waals surface area contributed by atoms with Crippen molar-refractivity contribution in [2.75, 3.05) is 0 Å². The molecule has 0 bridgehead atoms. The van der Waals surface area contributed by atoms with Crippen LogP contribution in [0.25, 0.3) is 0 Å². The minimum absolute atomic E-state index is 0. The van der Waals surface area contributed by atoms with Crippen LogP contribution in [-0.4, -0.2) is 5.48 Å². The molecule has 128 valence electrons. The summed E-state index contributed by atoms with van der Waals surface area (Å²) in [6.45, 7) is 4.91. The zero-order valence-corrected chi connectivity index (χ0v) is 14.4. The molecule has 0 aromatic heterocycles. The molecular weight excluding hydrogens is 256 g/mol. The Morgan fingerprint density at radius 3 is 0.857 bits per heavy atom. The second-order valence-corrected chi connectivity index (χ2v) is 8.71. The standard InChI is InChI=1S/C20H36.H2O.2H2/c1-15-3-7-17(8-4-15)19-11-13-20(14-12-19)18-9-5-16(2)6-10-18;;;/h15-20H,3-14H2,1-2H3;1H2;2*1H. The molecule has 3 fully saturated rings. The van der Waals surface area contributed by atoms with Gasteiger partial charge >= 0.3 is 0 Å². The summed E-state index contributed by atoms with van der Waals surface area (Å²) in [6, 6.07) is 0. The lowest BCUT2D eigenvalue weighted by Gasteiger charge is -2.41. The van der Waals surface area contributed by atoms with Crippen LogP contribution in [0.1, 0.15) is 93.8 Å². The zero-order chi connectivity index (χ0) is 13.9. The molecule has 21 heavy (non-hydrogen) atoms. The Balaban J connectivity index is 0.00000161. The van der Waals surface area contributed by atoms with Crippen LogP contribution in [0.2, 0.25) is 0 Å². The van der Waals surface area contributed by atoms with Crippen LogP contribution in [0.15, 0.2) is 0 Å². The highest BCUT2D eigenvalue weighted by atomic mass is 16.0. The van der Waals surface area contributed by atoms with E-state index >= 15 is 0 Å². The number of rotatable bonds is 2. The van der Waals surface area contributed by atoms with Gasteiger partial charge in [-0.15, -0.1) is 0 Å². The molecule has 3 saturated carbocycles. The second-order valence-electron chi connectivity index (χ2n) is 8.71. The summed E-state index contributed by atoms with van der Waals surface area (Å²) in [7, 11) is 0. The van der Waals surface area contributed by atoms with Crippen molar-refractivity contribution in [3.63, 3.8) is 0 Å². The van der Waals surface area contributed by atoms with E-state index in [2.05, 4.69) is 13.8 Å². The molecule has 0 aromatic carbocycles. The molecule has 0 aliphatic heterocycles. The van der Waals surface area contributed by atoms with Gasteiger partial charge in [0, 0.05) is 2.85 Å². The Kier molecular flexibility index (Phi) is 6.59. The predicted octanol–water partition coefficient (Wildman–Crippen LogP) is 6.11. The highest BCUT2D eigenvalue weighted by Gasteiger charge is 2.33. The van der Waals surface area contributed by atoms with E-state index in [4.69, 9.17) is 0 Å². The monoisotopic (exact) mass is 298 g/mol. The molecule has 0 amide bonds. The summed E-state index contributed by atoms with van der Waals surface area (Å²) in [5.74, 6) is 6.48. The van der Waals surface area contributed by atoms with Crippen molar-refractivity contribution in [3.05, 3.63) is 0 Å². The molecular formula is C20H42O. The topological polar surface area (TPSA) is 31.5 Å². The van der Waals surface area contributed by atoms with E-state index in [1.807, 2.05) is 0 Å². The molecule has 0 heterocycles. The van der Waals surface area contributed by atoms with Crippen LogP contribution < -0.4 is 0 Å². The molecule has 3 aliphatic carbocycles. The van der Waals surface area contributed by atoms with Gasteiger partial charge < -0.3 is 5.48 Å². The third-order valence-electron chi connectivity index (χ3n) is 7.27. The van der Waals surface area contributed by atoms with Gasteiger partial charge in [0.2, 0.25) is 0 Å². The maximum atomic E-state index is 2.46. The molecule has 1 heteroatoms. The minimum Gasteiger partial charge on any atom is -0.412 e. The molecule has 3 aliphatic rings. The summed E-state index contributed by atoms with van der Waals surface area (Å²) in [5, 5.41) is 0. The molecule has 0 spiro atoms. The average molecular weight is 299 g/mol. The van der Waals surface area contributed by atoms with Crippen LogP contribution >= 0.6 is 0 Å². The van der Waals surface area contributed by atoms with E-state index in [1.54, 1.807) is 51.4 Å². The molecule has 0 aromatic rings. The van der Waals surface area contributed by atoms with Crippen molar-refractivity contribution < 1.29 is 8.33 Å². The first-order chi connectivity index (χ1) is 9.72. The summed E-state index contributed by atoms with van der Waals surface area (Å²) in [6.07, 6.45) is 18.6. The first-order valence-electron chi connectivity index (χ1n) is 9.72. The van der Waals surface area contributed by atoms with Gasteiger partial charge in [-0.25, -0.2) is 0 Å². The summed E-state index contributed by atoms with van der Waals surface area (Å²) in [4.78, 5) is 0. The molecule has 2 N–H and O–H groups in total. The van der Waals surface area contributed by atoms with E-state index in [1.165, 1.54) is 25.7 Å². The summed E-state index contributed by atoms with van der Waals surface area (Å²) >= 11 is 0. The zero-order valence-electron chi connectivity index (χ0n) is 14.4. The van der Waals surface area contributed by atoms with Gasteiger partial charge in [-0.2, -0.15) is 0 Å². The minimum atomic E-state index is 0. The van der Waals surface area contributed by atoms with Gasteiger partial charge in [-0.05, 0) is 86.9 Å². The van der Waals surface area contributed by atoms with Crippen LogP contribution in [0.5, 0.6) is 0 Å². The lowest BCUT2D eigenvalue weighted by molar-refractivity contribution is 0.108. The fourth-order valence-corrected chi connectivity index (χ4v) is 5.60. The van der Waals surface area contributed by atoms with E-state index in [0.29, 0.717) is 0 Å². The number of hydrogen-bond donors (Lipinski definition) is 0. The summed E-state index contributed by atoms with van der Waals surface area (Å²) < 4.78 is 0. The lowest BCUT2D eigenvalue weighted by atomic mass is 9.65. The molecule has 0 radical (unpaired) electrons. The van der Waals surface area contributed by atoms with Crippen molar-refractivity contribution in [3.8, 4) is 0 Å². The van der Waals surface area contributed by atoms with Gasteiger partial charge in [0.15, 0.2) is 0 Å². The van der Waals surface area contributed by atoms with Crippen LogP contribution in [0.3, 0.4) is 0 Å². The first-order valence-corrected chi connectivity index (χ1v) is 9.72. The SMILES string of the molecule is CC1CCC(C2CCC(C3CCC(C)CC3)CC2)CC1.O.[HH].[HH]. The molecule has 3 rings (SSSR count). The van der Waals surface area contributed by atoms with Gasteiger partial charge in [-0.1, -0.05) is 39.5 Å². The second kappa shape index (κ2) is 7.99. The average Bonchev–Trinajstić information content (AvgIpc) is 2.49. The van der Waals surface area contributed by atoms with Crippen LogP contribution in [0, 0.1) is 35.5 Å². The Morgan fingerprint density at radius 1 is 0.429 bits per heavy atom. The Hall–Kier alpha value is -0.0400. The van der Waals surface area contributed by atoms with Gasteiger partial charge in [0.05, 0.1) is 0 Å². The molecule has 0 unspecified atom stereocenters. The van der Waals surface area contributed by atoms with E-state index in [-0.39, 0.29) is 8.33 Å². The third-order valence-corrected chi connectivity index (χ3v) is 7.27. The maximum absolute atomic E-state index is 2.46. The highest BCUT2D eigenvalue weighted by molar-refractivity contribution is 4.85. The van der Waals surface area contributed by atoms with Crippen molar-refractivity contribution in [1.82, 2.24) is 0 Å². The molecule has 0 atom stereocenters. The van der Waals surface area contributed by atoms with E-state index in [9.17, 15) is 0 Å². The lowest BCUT2D eigenvalue weighted by Crippen LogP contribution is -2.29. The van der Waals surface area contributed by atoms with Crippen molar-refractivity contribution in [2.45, 2.75) is 90.9 Å². The smallest absolute Gasteiger partial charge is 0 e. The maximum Gasteiger partial charge on any atom is 0 e. The number of hydrogen-bond acceptors (Lipinski definition) is 0. The van der Waals surface area contributed by atoms with Crippen molar-refractivity contribution >= 4 is 0 Å². The van der Waals surface area contributed by atoms with Crippen LogP contribution in [-0.2, 0) is 0 Å². The third kappa shape index (κ3) is 4.47. The van der Waals surface area contributed by atoms with Gasteiger partial charge in [0.1, 0.15) is 0 Å². The van der Waals surface area contributed by atoms with E-state index < -0.39 is 0 Å². The normalized spacial score (nSPS) is 44.9. The largest absolute Gasteiger partial charge is 0.412 e. The van der Waals surface area contributed by atoms with Gasteiger partial charge in [-0.3, -0.25) is 0 Å². The fraction of sp³-hybridized carbons (Fsp3) is 1.00. The fourth-order valence-electron chi connectivity index (χ4n) is 5.60. The van der Waals surface area contributed by atoms with E-state index in [0.717, 1.165) is 35.5 Å². The Morgan fingerprint density at radius 2 is 0.619 bits per heavy atom.